The monoisotopic (exact) mass is 111 g/mol. The van der Waals surface area contributed by atoms with Gasteiger partial charge in [-0.05, 0) is 12.8 Å². The second kappa shape index (κ2) is 3.23. The zero-order chi connectivity index (χ0) is 6.57. The molecule has 0 spiro atoms. The van der Waals surface area contributed by atoms with Gasteiger partial charge >= 0.3 is 0 Å². The molecule has 1 atom stereocenters. The van der Waals surface area contributed by atoms with Gasteiger partial charge in [-0.1, -0.05) is 5.92 Å². The number of rotatable bonds is 0. The Morgan fingerprint density at radius 1 is 1.75 bits per heavy atom. The summed E-state index contributed by atoms with van der Waals surface area (Å²) >= 11 is 0. The van der Waals surface area contributed by atoms with Gasteiger partial charge in [-0.25, -0.2) is 0 Å². The number of hydrogen-bond acceptors (Lipinski definition) is 2. The van der Waals surface area contributed by atoms with Crippen LogP contribution in [0.25, 0.3) is 0 Å². The molecule has 2 N–H and O–H groups in total. The molecule has 8 heavy (non-hydrogen) atoms. The van der Waals surface area contributed by atoms with Crippen molar-refractivity contribution in [3.63, 3.8) is 0 Å². The minimum atomic E-state index is -0.195. The van der Waals surface area contributed by atoms with E-state index in [0.29, 0.717) is 0 Å². The molecule has 0 rings (SSSR count). The topological polar surface area (TPSA) is 43.1 Å². The molecule has 0 aliphatic rings. The number of Topliss-reactive ketones (excluding diaryl/α,β-unsaturated/α-hetero) is 1. The van der Waals surface area contributed by atoms with Crippen molar-refractivity contribution in [1.82, 2.24) is 0 Å². The van der Waals surface area contributed by atoms with E-state index in [-0.39, 0.29) is 11.8 Å². The van der Waals surface area contributed by atoms with Crippen LogP contribution in [0.5, 0.6) is 0 Å². The molecule has 0 fully saturated rings. The zero-order valence-corrected chi connectivity index (χ0v) is 5.06. The third-order valence-electron chi connectivity index (χ3n) is 0.476. The Hall–Kier alpha value is -0.810. The zero-order valence-electron chi connectivity index (χ0n) is 5.06. The van der Waals surface area contributed by atoms with Gasteiger partial charge < -0.3 is 5.73 Å². The lowest BCUT2D eigenvalue weighted by atomic mass is 10.3. The predicted octanol–water partition coefficient (Wildman–Crippen LogP) is -0.0740. The van der Waals surface area contributed by atoms with Crippen molar-refractivity contribution in [2.24, 2.45) is 5.73 Å². The lowest BCUT2D eigenvalue weighted by Crippen LogP contribution is -2.11. The molecule has 0 saturated carbocycles. The summed E-state index contributed by atoms with van der Waals surface area (Å²) in [4.78, 5) is 10.1. The van der Waals surface area contributed by atoms with Crippen molar-refractivity contribution in [1.29, 1.82) is 0 Å². The number of ketones is 1. The summed E-state index contributed by atoms with van der Waals surface area (Å²) in [6.07, 6.45) is 0. The van der Waals surface area contributed by atoms with Gasteiger partial charge in [-0.15, -0.1) is 0 Å². The minimum absolute atomic E-state index is 0.137. The van der Waals surface area contributed by atoms with Gasteiger partial charge in [0.25, 0.3) is 0 Å². The molecule has 0 bridgehead atoms. The van der Waals surface area contributed by atoms with Crippen molar-refractivity contribution < 1.29 is 4.79 Å². The van der Waals surface area contributed by atoms with E-state index < -0.39 is 0 Å². The van der Waals surface area contributed by atoms with Crippen LogP contribution in [0.1, 0.15) is 13.8 Å². The predicted molar refractivity (Wildman–Crippen MR) is 32.1 cm³/mol. The first-order chi connectivity index (χ1) is 3.63. The Morgan fingerprint density at radius 3 is 2.38 bits per heavy atom. The molecule has 2 heteroatoms. The summed E-state index contributed by atoms with van der Waals surface area (Å²) in [7, 11) is 0. The smallest absolute Gasteiger partial charge is 0.202 e. The van der Waals surface area contributed by atoms with Crippen LogP contribution < -0.4 is 5.73 Å². The fourth-order valence-electron chi connectivity index (χ4n) is 0.215. The fourth-order valence-corrected chi connectivity index (χ4v) is 0.215. The Labute approximate surface area is 49.1 Å². The Bertz CT molecular complexity index is 138. The quantitative estimate of drug-likeness (QED) is 0.351. The van der Waals surface area contributed by atoms with Crippen LogP contribution in [0, 0.1) is 11.8 Å². The number of nitrogens with two attached hydrogens (primary N) is 1. The van der Waals surface area contributed by atoms with Crippen molar-refractivity contribution in [2.75, 3.05) is 0 Å². The molecule has 0 aliphatic heterocycles. The average molecular weight is 111 g/mol. The molecule has 0 aliphatic carbocycles. The van der Waals surface area contributed by atoms with Gasteiger partial charge in [-0.3, -0.25) is 4.79 Å². The summed E-state index contributed by atoms with van der Waals surface area (Å²) in [6, 6.07) is -0.195. The summed E-state index contributed by atoms with van der Waals surface area (Å²) in [6.45, 7) is 3.14. The van der Waals surface area contributed by atoms with Gasteiger partial charge in [0.1, 0.15) is 0 Å². The molecule has 0 heterocycles. The van der Waals surface area contributed by atoms with Gasteiger partial charge in [0, 0.05) is 6.92 Å². The lowest BCUT2D eigenvalue weighted by Gasteiger charge is -1.84. The summed E-state index contributed by atoms with van der Waals surface area (Å²) in [5.74, 6) is 4.72. The summed E-state index contributed by atoms with van der Waals surface area (Å²) in [5.41, 5.74) is 5.21. The molecule has 0 amide bonds. The number of hydrogen-bond donors (Lipinski definition) is 1. The van der Waals surface area contributed by atoms with Crippen molar-refractivity contribution in [3.8, 4) is 11.8 Å². The van der Waals surface area contributed by atoms with Crippen LogP contribution >= 0.6 is 0 Å². The number of carbonyl (C=O) groups is 1. The Morgan fingerprint density at radius 2 is 2.25 bits per heavy atom. The highest BCUT2D eigenvalue weighted by atomic mass is 16.1. The molecule has 44 valence electrons. The van der Waals surface area contributed by atoms with Crippen molar-refractivity contribution >= 4 is 5.78 Å². The second-order valence-corrected chi connectivity index (χ2v) is 1.61. The maximum atomic E-state index is 10.1. The lowest BCUT2D eigenvalue weighted by molar-refractivity contribution is -0.111. The first-order valence-electron chi connectivity index (χ1n) is 2.40. The van der Waals surface area contributed by atoms with Crippen LogP contribution in [-0.2, 0) is 4.79 Å². The average Bonchev–Trinajstić information content (AvgIpc) is 1.61. The normalized spacial score (nSPS) is 11.4. The Kier molecular flexibility index (Phi) is 2.90. The van der Waals surface area contributed by atoms with E-state index in [1.165, 1.54) is 6.92 Å². The minimum Gasteiger partial charge on any atom is -0.318 e. The van der Waals surface area contributed by atoms with Crippen LogP contribution in [0.2, 0.25) is 0 Å². The van der Waals surface area contributed by atoms with Crippen LogP contribution in [0.3, 0.4) is 0 Å². The van der Waals surface area contributed by atoms with E-state index in [2.05, 4.69) is 11.8 Å². The van der Waals surface area contributed by atoms with E-state index in [4.69, 9.17) is 5.73 Å². The van der Waals surface area contributed by atoms with E-state index in [0.717, 1.165) is 0 Å². The van der Waals surface area contributed by atoms with E-state index in [9.17, 15) is 4.79 Å². The molecule has 0 aromatic rings. The first-order valence-corrected chi connectivity index (χ1v) is 2.40. The molecule has 0 saturated heterocycles. The maximum Gasteiger partial charge on any atom is 0.202 e. The highest BCUT2D eigenvalue weighted by molar-refractivity contribution is 5.93. The van der Waals surface area contributed by atoms with Crippen LogP contribution in [-0.4, -0.2) is 11.8 Å². The van der Waals surface area contributed by atoms with Gasteiger partial charge in [-0.2, -0.15) is 0 Å². The molecule has 0 aromatic heterocycles. The van der Waals surface area contributed by atoms with Crippen LogP contribution in [0.15, 0.2) is 0 Å². The number of carbonyl (C=O) groups excluding carboxylic acids is 1. The van der Waals surface area contributed by atoms with E-state index in [1.54, 1.807) is 6.92 Å². The third-order valence-corrected chi connectivity index (χ3v) is 0.476. The summed E-state index contributed by atoms with van der Waals surface area (Å²) in [5, 5.41) is 0. The molecule has 1 unspecified atom stereocenters. The largest absolute Gasteiger partial charge is 0.318 e. The van der Waals surface area contributed by atoms with Gasteiger partial charge in [0.2, 0.25) is 5.78 Å². The molecular weight excluding hydrogens is 102 g/mol. The molecule has 2 nitrogen and oxygen atoms in total. The van der Waals surface area contributed by atoms with E-state index >= 15 is 0 Å². The van der Waals surface area contributed by atoms with Crippen molar-refractivity contribution in [3.05, 3.63) is 0 Å². The van der Waals surface area contributed by atoms with Crippen molar-refractivity contribution in [2.45, 2.75) is 19.9 Å². The fraction of sp³-hybridized carbons (Fsp3) is 0.500. The molecule has 0 radical (unpaired) electrons. The highest BCUT2D eigenvalue weighted by Crippen LogP contribution is 1.67. The highest BCUT2D eigenvalue weighted by Gasteiger charge is 1.82. The third kappa shape index (κ3) is 5.19. The maximum absolute atomic E-state index is 10.1. The van der Waals surface area contributed by atoms with E-state index in [1.807, 2.05) is 0 Å². The Balaban J connectivity index is 3.68. The van der Waals surface area contributed by atoms with Gasteiger partial charge in [0.15, 0.2) is 0 Å². The second-order valence-electron chi connectivity index (χ2n) is 1.61. The van der Waals surface area contributed by atoms with Gasteiger partial charge in [0.05, 0.1) is 6.04 Å². The summed E-state index contributed by atoms with van der Waals surface area (Å²) < 4.78 is 0. The molecule has 0 aromatic carbocycles. The molecular formula is C6H9NO. The van der Waals surface area contributed by atoms with Crippen LogP contribution in [0.4, 0.5) is 0 Å². The SMILES string of the molecule is CC(=O)C#CC(C)N. The standard InChI is InChI=1S/C6H9NO/c1-5(7)3-4-6(2)8/h5H,7H2,1-2H3. The first kappa shape index (κ1) is 7.19.